The van der Waals surface area contributed by atoms with E-state index in [9.17, 15) is 0 Å². The summed E-state index contributed by atoms with van der Waals surface area (Å²) < 4.78 is 0. The zero-order valence-electron chi connectivity index (χ0n) is 11.4. The molecule has 2 nitrogen and oxygen atoms in total. The summed E-state index contributed by atoms with van der Waals surface area (Å²) in [6.07, 6.45) is 9.35. The average Bonchev–Trinajstić information content (AvgIpc) is 2.90. The maximum absolute atomic E-state index is 5.77. The minimum Gasteiger partial charge on any atom is -0.271 e. The zero-order chi connectivity index (χ0) is 12.8. The van der Waals surface area contributed by atoms with Crippen LogP contribution in [0.1, 0.15) is 51.0 Å². The molecule has 0 spiro atoms. The summed E-state index contributed by atoms with van der Waals surface area (Å²) in [5.41, 5.74) is 4.49. The Balaban J connectivity index is 1.82. The molecule has 1 aromatic rings. The van der Waals surface area contributed by atoms with Crippen LogP contribution in [0.25, 0.3) is 0 Å². The molecular weight excluding hydrogens is 240 g/mol. The van der Waals surface area contributed by atoms with E-state index in [-0.39, 0.29) is 0 Å². The van der Waals surface area contributed by atoms with Gasteiger partial charge in [0.05, 0.1) is 0 Å². The van der Waals surface area contributed by atoms with Crippen LogP contribution in [0.2, 0.25) is 0 Å². The molecule has 0 amide bonds. The fourth-order valence-corrected chi connectivity index (χ4v) is 3.99. The van der Waals surface area contributed by atoms with Gasteiger partial charge in [-0.05, 0) is 53.5 Å². The number of thiophene rings is 1. The van der Waals surface area contributed by atoms with E-state index in [1.807, 2.05) is 0 Å². The molecule has 1 unspecified atom stereocenters. The van der Waals surface area contributed by atoms with Gasteiger partial charge in [0.1, 0.15) is 0 Å². The second kappa shape index (κ2) is 7.27. The maximum Gasteiger partial charge on any atom is 0.0279 e. The number of hydrogen-bond acceptors (Lipinski definition) is 3. The van der Waals surface area contributed by atoms with Crippen molar-refractivity contribution in [1.82, 2.24) is 5.43 Å². The van der Waals surface area contributed by atoms with Crippen molar-refractivity contribution >= 4 is 11.3 Å². The third-order valence-electron chi connectivity index (χ3n) is 4.41. The lowest BCUT2D eigenvalue weighted by molar-refractivity contribution is 0.213. The number of rotatable bonds is 6. The predicted octanol–water partition coefficient (Wildman–Crippen LogP) is 3.73. The summed E-state index contributed by atoms with van der Waals surface area (Å²) in [5.74, 6) is 7.51. The maximum atomic E-state index is 5.77. The predicted molar refractivity (Wildman–Crippen MR) is 79.5 cm³/mol. The summed E-state index contributed by atoms with van der Waals surface area (Å²) in [4.78, 5) is 0. The number of nitrogens with one attached hydrogen (secondary N) is 1. The molecule has 3 N–H and O–H groups in total. The molecule has 18 heavy (non-hydrogen) atoms. The van der Waals surface area contributed by atoms with Crippen LogP contribution >= 0.6 is 11.3 Å². The van der Waals surface area contributed by atoms with Crippen LogP contribution in [-0.4, -0.2) is 6.04 Å². The summed E-state index contributed by atoms with van der Waals surface area (Å²) >= 11 is 1.78. The highest BCUT2D eigenvalue weighted by atomic mass is 32.1. The van der Waals surface area contributed by atoms with E-state index >= 15 is 0 Å². The number of hydrogen-bond donors (Lipinski definition) is 2. The second-order valence-electron chi connectivity index (χ2n) is 5.68. The Hall–Kier alpha value is -0.380. The quantitative estimate of drug-likeness (QED) is 0.608. The normalized spacial score (nSPS) is 26.1. The fourth-order valence-electron chi connectivity index (χ4n) is 3.31. The lowest BCUT2D eigenvalue weighted by Crippen LogP contribution is -2.43. The van der Waals surface area contributed by atoms with Crippen LogP contribution in [0.4, 0.5) is 0 Å². The van der Waals surface area contributed by atoms with Crippen molar-refractivity contribution in [2.45, 2.75) is 57.9 Å². The first-order chi connectivity index (χ1) is 8.83. The highest BCUT2D eigenvalue weighted by molar-refractivity contribution is 7.07. The Labute approximate surface area is 115 Å². The van der Waals surface area contributed by atoms with E-state index in [0.717, 1.165) is 18.3 Å². The molecule has 1 aliphatic rings. The molecule has 3 heteroatoms. The molecule has 1 atom stereocenters. The van der Waals surface area contributed by atoms with E-state index < -0.39 is 0 Å². The third-order valence-corrected chi connectivity index (χ3v) is 5.14. The van der Waals surface area contributed by atoms with E-state index in [2.05, 4.69) is 29.2 Å². The van der Waals surface area contributed by atoms with Gasteiger partial charge in [-0.15, -0.1) is 0 Å². The smallest absolute Gasteiger partial charge is 0.0279 e. The molecule has 1 saturated carbocycles. The van der Waals surface area contributed by atoms with Crippen molar-refractivity contribution in [3.8, 4) is 0 Å². The van der Waals surface area contributed by atoms with Gasteiger partial charge in [-0.3, -0.25) is 11.3 Å². The van der Waals surface area contributed by atoms with E-state index in [1.165, 1.54) is 44.1 Å². The Morgan fingerprint density at radius 1 is 1.39 bits per heavy atom. The lowest BCUT2D eigenvalue weighted by atomic mass is 9.76. The van der Waals surface area contributed by atoms with Crippen LogP contribution in [-0.2, 0) is 6.42 Å². The largest absolute Gasteiger partial charge is 0.271 e. The van der Waals surface area contributed by atoms with Crippen molar-refractivity contribution < 1.29 is 0 Å². The van der Waals surface area contributed by atoms with Crippen LogP contribution in [0, 0.1) is 11.8 Å². The van der Waals surface area contributed by atoms with Gasteiger partial charge in [-0.1, -0.05) is 32.6 Å². The highest BCUT2D eigenvalue weighted by Crippen LogP contribution is 2.34. The van der Waals surface area contributed by atoms with E-state index in [1.54, 1.807) is 11.3 Å². The van der Waals surface area contributed by atoms with Crippen LogP contribution in [0.15, 0.2) is 16.8 Å². The molecule has 0 aromatic carbocycles. The molecule has 1 fully saturated rings. The minimum atomic E-state index is 0.460. The zero-order valence-corrected chi connectivity index (χ0v) is 12.2. The van der Waals surface area contributed by atoms with Gasteiger partial charge in [-0.2, -0.15) is 11.3 Å². The van der Waals surface area contributed by atoms with Gasteiger partial charge >= 0.3 is 0 Å². The molecule has 0 saturated heterocycles. The van der Waals surface area contributed by atoms with E-state index in [0.29, 0.717) is 6.04 Å². The molecule has 0 aliphatic heterocycles. The van der Waals surface area contributed by atoms with Gasteiger partial charge in [0.2, 0.25) is 0 Å². The van der Waals surface area contributed by atoms with Gasteiger partial charge in [0, 0.05) is 6.04 Å². The first-order valence-electron chi connectivity index (χ1n) is 7.30. The SMILES string of the molecule is CCCC1CCC(C(Cc2ccsc2)NN)CC1. The third kappa shape index (κ3) is 3.81. The van der Waals surface area contributed by atoms with Gasteiger partial charge in [-0.25, -0.2) is 0 Å². The Kier molecular flexibility index (Phi) is 5.67. The van der Waals surface area contributed by atoms with Gasteiger partial charge in [0.15, 0.2) is 0 Å². The van der Waals surface area contributed by atoms with E-state index in [4.69, 9.17) is 5.84 Å². The highest BCUT2D eigenvalue weighted by Gasteiger charge is 2.26. The Morgan fingerprint density at radius 2 is 2.17 bits per heavy atom. The first kappa shape index (κ1) is 14.0. The summed E-state index contributed by atoms with van der Waals surface area (Å²) in [5, 5.41) is 4.40. The monoisotopic (exact) mass is 266 g/mol. The lowest BCUT2D eigenvalue weighted by Gasteiger charge is -2.33. The van der Waals surface area contributed by atoms with Gasteiger partial charge < -0.3 is 0 Å². The van der Waals surface area contributed by atoms with Crippen molar-refractivity contribution in [2.24, 2.45) is 17.7 Å². The molecule has 1 heterocycles. The molecular formula is C15H26N2S. The topological polar surface area (TPSA) is 38.0 Å². The Morgan fingerprint density at radius 3 is 2.72 bits per heavy atom. The molecule has 1 aromatic heterocycles. The summed E-state index contributed by atoms with van der Waals surface area (Å²) in [6, 6.07) is 2.68. The van der Waals surface area contributed by atoms with Crippen LogP contribution in [0.5, 0.6) is 0 Å². The molecule has 0 bridgehead atoms. The van der Waals surface area contributed by atoms with Crippen molar-refractivity contribution in [3.05, 3.63) is 22.4 Å². The minimum absolute atomic E-state index is 0.460. The van der Waals surface area contributed by atoms with Crippen molar-refractivity contribution in [2.75, 3.05) is 0 Å². The standard InChI is InChI=1S/C15H26N2S/c1-2-3-12-4-6-14(7-5-12)15(17-16)10-13-8-9-18-11-13/h8-9,11-12,14-15,17H,2-7,10,16H2,1H3. The molecule has 1 aliphatic carbocycles. The number of hydrazine groups is 1. The van der Waals surface area contributed by atoms with Gasteiger partial charge in [0.25, 0.3) is 0 Å². The van der Waals surface area contributed by atoms with Crippen LogP contribution in [0.3, 0.4) is 0 Å². The second-order valence-corrected chi connectivity index (χ2v) is 6.46. The van der Waals surface area contributed by atoms with Crippen LogP contribution < -0.4 is 11.3 Å². The fraction of sp³-hybridized carbons (Fsp3) is 0.733. The average molecular weight is 266 g/mol. The molecule has 102 valence electrons. The molecule has 0 radical (unpaired) electrons. The first-order valence-corrected chi connectivity index (χ1v) is 8.25. The summed E-state index contributed by atoms with van der Waals surface area (Å²) in [7, 11) is 0. The number of nitrogens with two attached hydrogens (primary N) is 1. The Bertz CT molecular complexity index is 315. The van der Waals surface area contributed by atoms with Crippen molar-refractivity contribution in [3.63, 3.8) is 0 Å². The summed E-state index contributed by atoms with van der Waals surface area (Å²) in [6.45, 7) is 2.30. The van der Waals surface area contributed by atoms with Crippen molar-refractivity contribution in [1.29, 1.82) is 0 Å². The molecule has 2 rings (SSSR count).